The van der Waals surface area contributed by atoms with Crippen LogP contribution in [-0.4, -0.2) is 30.1 Å². The van der Waals surface area contributed by atoms with E-state index < -0.39 is 5.92 Å². The second-order valence-corrected chi connectivity index (χ2v) is 5.67. The van der Waals surface area contributed by atoms with Crippen molar-refractivity contribution in [1.82, 2.24) is 5.32 Å². The zero-order valence-electron chi connectivity index (χ0n) is 10.4. The third-order valence-corrected chi connectivity index (χ3v) is 3.26. The van der Waals surface area contributed by atoms with E-state index in [0.717, 1.165) is 0 Å². The van der Waals surface area contributed by atoms with E-state index in [1.165, 1.54) is 0 Å². The quantitative estimate of drug-likeness (QED) is 0.800. The molecule has 0 bridgehead atoms. The zero-order valence-corrected chi connectivity index (χ0v) is 10.4. The molecule has 0 aliphatic heterocycles. The molecule has 17 heavy (non-hydrogen) atoms. The first-order chi connectivity index (χ1) is 7.76. The van der Waals surface area contributed by atoms with E-state index in [1.54, 1.807) is 0 Å². The fraction of sp³-hybridized carbons (Fsp3) is 0.917. The van der Waals surface area contributed by atoms with Crippen LogP contribution >= 0.6 is 0 Å². The molecular weight excluding hydrogens is 228 g/mol. The lowest BCUT2D eigenvalue weighted by Crippen LogP contribution is -2.41. The van der Waals surface area contributed by atoms with Gasteiger partial charge in [-0.25, -0.2) is 8.78 Å². The molecule has 3 nitrogen and oxygen atoms in total. The van der Waals surface area contributed by atoms with Gasteiger partial charge in [0.05, 0.1) is 0 Å². The molecule has 1 fully saturated rings. The number of rotatable bonds is 4. The summed E-state index contributed by atoms with van der Waals surface area (Å²) < 4.78 is 25.8. The van der Waals surface area contributed by atoms with Gasteiger partial charge in [-0.3, -0.25) is 4.79 Å². The Morgan fingerprint density at radius 1 is 1.41 bits per heavy atom. The fourth-order valence-corrected chi connectivity index (χ4v) is 1.83. The topological polar surface area (TPSA) is 49.3 Å². The SMILES string of the molecule is CC(C)(CO)CNC(=O)C1CCC(F)(F)CC1. The van der Waals surface area contributed by atoms with Gasteiger partial charge >= 0.3 is 0 Å². The second kappa shape index (κ2) is 5.29. The predicted molar refractivity (Wildman–Crippen MR) is 60.8 cm³/mol. The van der Waals surface area contributed by atoms with E-state index in [1.807, 2.05) is 13.8 Å². The van der Waals surface area contributed by atoms with E-state index in [9.17, 15) is 13.6 Å². The Kier molecular flexibility index (Phi) is 4.47. The minimum atomic E-state index is -2.60. The number of halogens is 2. The first-order valence-corrected chi connectivity index (χ1v) is 6.02. The van der Waals surface area contributed by atoms with Gasteiger partial charge in [-0.1, -0.05) is 13.8 Å². The van der Waals surface area contributed by atoms with Crippen LogP contribution < -0.4 is 5.32 Å². The lowest BCUT2D eigenvalue weighted by atomic mass is 9.86. The van der Waals surface area contributed by atoms with Gasteiger partial charge in [-0.15, -0.1) is 0 Å². The number of aliphatic hydroxyl groups is 1. The zero-order chi connectivity index (χ0) is 13.1. The minimum Gasteiger partial charge on any atom is -0.396 e. The molecule has 0 heterocycles. The van der Waals surface area contributed by atoms with Crippen LogP contribution in [0, 0.1) is 11.3 Å². The molecule has 0 spiro atoms. The van der Waals surface area contributed by atoms with Gasteiger partial charge in [0.2, 0.25) is 11.8 Å². The van der Waals surface area contributed by atoms with Crippen LogP contribution in [0.25, 0.3) is 0 Å². The summed E-state index contributed by atoms with van der Waals surface area (Å²) in [6.45, 7) is 4.02. The van der Waals surface area contributed by atoms with Gasteiger partial charge in [0.25, 0.3) is 0 Å². The molecule has 5 heteroatoms. The molecule has 1 amide bonds. The summed E-state index contributed by atoms with van der Waals surface area (Å²) in [6.07, 6.45) is 0.0970. The Hall–Kier alpha value is -0.710. The summed E-state index contributed by atoms with van der Waals surface area (Å²) in [4.78, 5) is 11.7. The van der Waals surface area contributed by atoms with E-state index >= 15 is 0 Å². The maximum atomic E-state index is 12.9. The molecule has 1 aliphatic rings. The highest BCUT2D eigenvalue weighted by Crippen LogP contribution is 2.36. The normalized spacial score (nSPS) is 21.2. The van der Waals surface area contributed by atoms with Crippen LogP contribution in [0.2, 0.25) is 0 Å². The highest BCUT2D eigenvalue weighted by atomic mass is 19.3. The van der Waals surface area contributed by atoms with Gasteiger partial charge in [0.1, 0.15) is 0 Å². The van der Waals surface area contributed by atoms with Crippen LogP contribution in [0.15, 0.2) is 0 Å². The van der Waals surface area contributed by atoms with Crippen molar-refractivity contribution in [1.29, 1.82) is 0 Å². The molecule has 0 aromatic heterocycles. The number of hydrogen-bond acceptors (Lipinski definition) is 2. The Morgan fingerprint density at radius 3 is 2.41 bits per heavy atom. The summed E-state index contributed by atoms with van der Waals surface area (Å²) in [5, 5.41) is 11.8. The van der Waals surface area contributed by atoms with Crippen molar-refractivity contribution in [3.8, 4) is 0 Å². The van der Waals surface area contributed by atoms with Crippen LogP contribution in [0.3, 0.4) is 0 Å². The van der Waals surface area contributed by atoms with Crippen molar-refractivity contribution in [3.63, 3.8) is 0 Å². The monoisotopic (exact) mass is 249 g/mol. The molecule has 0 radical (unpaired) electrons. The smallest absolute Gasteiger partial charge is 0.248 e. The Morgan fingerprint density at radius 2 is 1.94 bits per heavy atom. The molecule has 0 unspecified atom stereocenters. The lowest BCUT2D eigenvalue weighted by molar-refractivity contribution is -0.129. The third-order valence-electron chi connectivity index (χ3n) is 3.26. The van der Waals surface area contributed by atoms with Crippen molar-refractivity contribution in [2.24, 2.45) is 11.3 Å². The van der Waals surface area contributed by atoms with E-state index in [0.29, 0.717) is 6.54 Å². The van der Waals surface area contributed by atoms with Crippen LogP contribution in [0.5, 0.6) is 0 Å². The minimum absolute atomic E-state index is 0.0178. The number of carbonyl (C=O) groups is 1. The first kappa shape index (κ1) is 14.4. The number of aliphatic hydroxyl groups excluding tert-OH is 1. The van der Waals surface area contributed by atoms with Crippen molar-refractivity contribution in [2.75, 3.05) is 13.2 Å². The van der Waals surface area contributed by atoms with Gasteiger partial charge in [-0.2, -0.15) is 0 Å². The fourth-order valence-electron chi connectivity index (χ4n) is 1.83. The molecule has 0 aromatic rings. The van der Waals surface area contributed by atoms with E-state index in [-0.39, 0.29) is 49.5 Å². The molecule has 100 valence electrons. The van der Waals surface area contributed by atoms with Crippen molar-refractivity contribution in [2.45, 2.75) is 45.5 Å². The molecule has 0 atom stereocenters. The van der Waals surface area contributed by atoms with Gasteiger partial charge in [0.15, 0.2) is 0 Å². The Labute approximate surface area is 101 Å². The van der Waals surface area contributed by atoms with Crippen LogP contribution in [0.4, 0.5) is 8.78 Å². The maximum Gasteiger partial charge on any atom is 0.248 e. The molecule has 1 saturated carbocycles. The maximum absolute atomic E-state index is 12.9. The standard InChI is InChI=1S/C12H21F2NO2/c1-11(2,8-16)7-15-10(17)9-3-5-12(13,14)6-4-9/h9,16H,3-8H2,1-2H3,(H,15,17). The number of alkyl halides is 2. The molecule has 1 rings (SSSR count). The second-order valence-electron chi connectivity index (χ2n) is 5.67. The average molecular weight is 249 g/mol. The van der Waals surface area contributed by atoms with Gasteiger partial charge < -0.3 is 10.4 Å². The predicted octanol–water partition coefficient (Wildman–Crippen LogP) is 1.95. The Bertz CT molecular complexity index is 270. The van der Waals surface area contributed by atoms with Crippen LogP contribution in [0.1, 0.15) is 39.5 Å². The summed E-state index contributed by atoms with van der Waals surface area (Å²) in [7, 11) is 0. The molecule has 1 aliphatic carbocycles. The third kappa shape index (κ3) is 4.58. The number of hydrogen-bond donors (Lipinski definition) is 2. The summed E-state index contributed by atoms with van der Waals surface area (Å²) in [5.41, 5.74) is -0.367. The van der Waals surface area contributed by atoms with Crippen LogP contribution in [-0.2, 0) is 4.79 Å². The molecule has 0 aromatic carbocycles. The van der Waals surface area contributed by atoms with Gasteiger partial charge in [0, 0.05) is 37.3 Å². The highest BCUT2D eigenvalue weighted by molar-refractivity contribution is 5.78. The first-order valence-electron chi connectivity index (χ1n) is 6.02. The lowest BCUT2D eigenvalue weighted by Gasteiger charge is -2.29. The van der Waals surface area contributed by atoms with Crippen molar-refractivity contribution in [3.05, 3.63) is 0 Å². The summed E-state index contributed by atoms with van der Waals surface area (Å²) in [5.74, 6) is -3.06. The molecule has 2 N–H and O–H groups in total. The van der Waals surface area contributed by atoms with Gasteiger partial charge in [-0.05, 0) is 12.8 Å². The number of carbonyl (C=O) groups excluding carboxylic acids is 1. The summed E-state index contributed by atoms with van der Waals surface area (Å²) >= 11 is 0. The summed E-state index contributed by atoms with van der Waals surface area (Å²) in [6, 6.07) is 0. The number of nitrogens with one attached hydrogen (secondary N) is 1. The largest absolute Gasteiger partial charge is 0.396 e. The molecule has 0 saturated heterocycles. The average Bonchev–Trinajstić information content (AvgIpc) is 2.26. The Balaban J connectivity index is 2.35. The van der Waals surface area contributed by atoms with Crippen molar-refractivity contribution >= 4 is 5.91 Å². The highest BCUT2D eigenvalue weighted by Gasteiger charge is 2.37. The van der Waals surface area contributed by atoms with Crippen molar-refractivity contribution < 1.29 is 18.7 Å². The van der Waals surface area contributed by atoms with E-state index in [2.05, 4.69) is 5.32 Å². The number of amides is 1. The van der Waals surface area contributed by atoms with E-state index in [4.69, 9.17) is 5.11 Å². The molecular formula is C12H21F2NO2.